The van der Waals surface area contributed by atoms with Gasteiger partial charge in [-0.2, -0.15) is 0 Å². The lowest BCUT2D eigenvalue weighted by Gasteiger charge is -2.21. The molecule has 1 aliphatic rings. The first-order valence-corrected chi connectivity index (χ1v) is 18.9. The zero-order valence-electron chi connectivity index (χ0n) is 30.6. The maximum absolute atomic E-state index is 5.07. The van der Waals surface area contributed by atoms with Crippen molar-refractivity contribution in [1.82, 2.24) is 15.0 Å². The lowest BCUT2D eigenvalue weighted by Crippen LogP contribution is -2.14. The standard InChI is InChI=1S/C52H35N3/c1-52(2)45-20-12-11-19-44(45)48-42-26-23-32-21-22-36-31-35(24-25-38(36)47(32)41(42)29-30-46(48)52)37-27-28-43(40-18-10-9-17-39(37)40)51-54-49(33-13-5-3-6-14-33)53-50(55-51)34-15-7-4-8-16-34/h3-31H,1-2H3. The molecule has 9 aromatic carbocycles. The summed E-state index contributed by atoms with van der Waals surface area (Å²) >= 11 is 0. The fourth-order valence-corrected chi connectivity index (χ4v) is 9.01. The van der Waals surface area contributed by atoms with Crippen molar-refractivity contribution in [3.8, 4) is 56.4 Å². The molecular formula is C52H35N3. The molecule has 0 N–H and O–H groups in total. The van der Waals surface area contributed by atoms with E-state index in [0.29, 0.717) is 17.5 Å². The Morgan fingerprint density at radius 3 is 1.65 bits per heavy atom. The Labute approximate surface area is 319 Å². The van der Waals surface area contributed by atoms with Crippen LogP contribution >= 0.6 is 0 Å². The van der Waals surface area contributed by atoms with Crippen LogP contribution in [0.25, 0.3) is 99.5 Å². The molecule has 1 aromatic heterocycles. The highest BCUT2D eigenvalue weighted by Gasteiger charge is 2.36. The number of benzene rings is 9. The van der Waals surface area contributed by atoms with Gasteiger partial charge in [0.2, 0.25) is 0 Å². The minimum Gasteiger partial charge on any atom is -0.208 e. The molecule has 0 radical (unpaired) electrons. The minimum absolute atomic E-state index is 0.0288. The van der Waals surface area contributed by atoms with Crippen LogP contribution in [-0.2, 0) is 5.41 Å². The molecule has 10 aromatic rings. The zero-order valence-corrected chi connectivity index (χ0v) is 30.6. The van der Waals surface area contributed by atoms with E-state index in [-0.39, 0.29) is 5.41 Å². The van der Waals surface area contributed by atoms with Gasteiger partial charge >= 0.3 is 0 Å². The Hall–Kier alpha value is -6.97. The van der Waals surface area contributed by atoms with Crippen molar-refractivity contribution >= 4 is 43.1 Å². The predicted octanol–water partition coefficient (Wildman–Crippen LogP) is 13.5. The van der Waals surface area contributed by atoms with Gasteiger partial charge in [-0.15, -0.1) is 0 Å². The highest BCUT2D eigenvalue weighted by molar-refractivity contribution is 6.23. The number of fused-ring (bicyclic) bond motifs is 10. The van der Waals surface area contributed by atoms with Gasteiger partial charge in [-0.3, -0.25) is 0 Å². The maximum Gasteiger partial charge on any atom is 0.164 e. The van der Waals surface area contributed by atoms with Gasteiger partial charge in [0.15, 0.2) is 17.5 Å². The Kier molecular flexibility index (Phi) is 6.90. The summed E-state index contributed by atoms with van der Waals surface area (Å²) in [6, 6.07) is 63.1. The van der Waals surface area contributed by atoms with Crippen LogP contribution in [0.4, 0.5) is 0 Å². The molecular weight excluding hydrogens is 667 g/mol. The van der Waals surface area contributed by atoms with Gasteiger partial charge in [0.25, 0.3) is 0 Å². The van der Waals surface area contributed by atoms with E-state index in [0.717, 1.165) is 27.5 Å². The van der Waals surface area contributed by atoms with Gasteiger partial charge in [0.1, 0.15) is 0 Å². The van der Waals surface area contributed by atoms with Crippen LogP contribution in [0, 0.1) is 0 Å². The van der Waals surface area contributed by atoms with Gasteiger partial charge in [-0.25, -0.2) is 15.0 Å². The molecule has 0 bridgehead atoms. The Morgan fingerprint density at radius 1 is 0.345 bits per heavy atom. The predicted molar refractivity (Wildman–Crippen MR) is 229 cm³/mol. The highest BCUT2D eigenvalue weighted by Crippen LogP contribution is 2.52. The molecule has 0 amide bonds. The first-order valence-electron chi connectivity index (χ1n) is 18.9. The monoisotopic (exact) mass is 701 g/mol. The number of hydrogen-bond acceptors (Lipinski definition) is 3. The van der Waals surface area contributed by atoms with Gasteiger partial charge < -0.3 is 0 Å². The quantitative estimate of drug-likeness (QED) is 0.171. The Morgan fingerprint density at radius 2 is 0.909 bits per heavy atom. The highest BCUT2D eigenvalue weighted by atomic mass is 15.0. The fraction of sp³-hybridized carbons (Fsp3) is 0.0577. The average Bonchev–Trinajstić information content (AvgIpc) is 3.49. The van der Waals surface area contributed by atoms with E-state index in [9.17, 15) is 0 Å². The average molecular weight is 702 g/mol. The number of hydrogen-bond donors (Lipinski definition) is 0. The van der Waals surface area contributed by atoms with Crippen LogP contribution in [0.15, 0.2) is 176 Å². The van der Waals surface area contributed by atoms with Crippen LogP contribution in [0.2, 0.25) is 0 Å². The molecule has 11 rings (SSSR count). The molecule has 0 saturated carbocycles. The van der Waals surface area contributed by atoms with E-state index >= 15 is 0 Å². The van der Waals surface area contributed by atoms with Crippen molar-refractivity contribution in [3.05, 3.63) is 187 Å². The molecule has 1 aliphatic carbocycles. The van der Waals surface area contributed by atoms with Crippen molar-refractivity contribution in [2.75, 3.05) is 0 Å². The molecule has 0 saturated heterocycles. The molecule has 3 nitrogen and oxygen atoms in total. The summed E-state index contributed by atoms with van der Waals surface area (Å²) in [5, 5.41) is 9.95. The van der Waals surface area contributed by atoms with Crippen LogP contribution in [-0.4, -0.2) is 15.0 Å². The van der Waals surface area contributed by atoms with Gasteiger partial charge in [-0.05, 0) is 88.6 Å². The summed E-state index contributed by atoms with van der Waals surface area (Å²) in [4.78, 5) is 15.1. The van der Waals surface area contributed by atoms with E-state index in [1.165, 1.54) is 65.7 Å². The van der Waals surface area contributed by atoms with Gasteiger partial charge in [0, 0.05) is 22.1 Å². The Bertz CT molecular complexity index is 3110. The molecule has 0 atom stereocenters. The molecule has 55 heavy (non-hydrogen) atoms. The van der Waals surface area contributed by atoms with Crippen LogP contribution in [0.1, 0.15) is 25.0 Å². The summed E-state index contributed by atoms with van der Waals surface area (Å²) < 4.78 is 0. The maximum atomic E-state index is 5.07. The largest absolute Gasteiger partial charge is 0.208 e. The van der Waals surface area contributed by atoms with E-state index in [2.05, 4.69) is 129 Å². The SMILES string of the molecule is CC1(C)c2ccccc2-c2c1ccc1c2ccc2ccc3cc(-c4ccc(-c5nc(-c6ccccc6)nc(-c6ccccc6)n5)c5ccccc45)ccc3c21. The van der Waals surface area contributed by atoms with Crippen molar-refractivity contribution in [3.63, 3.8) is 0 Å². The molecule has 258 valence electrons. The van der Waals surface area contributed by atoms with E-state index in [1.54, 1.807) is 0 Å². The summed E-state index contributed by atoms with van der Waals surface area (Å²) in [6.45, 7) is 4.71. The Balaban J connectivity index is 1.07. The first-order chi connectivity index (χ1) is 27.0. The third kappa shape index (κ3) is 4.86. The van der Waals surface area contributed by atoms with Crippen molar-refractivity contribution < 1.29 is 0 Å². The third-order valence-corrected chi connectivity index (χ3v) is 11.7. The first kappa shape index (κ1) is 31.5. The number of nitrogens with zero attached hydrogens (tertiary/aromatic N) is 3. The summed E-state index contributed by atoms with van der Waals surface area (Å²) in [5.41, 5.74) is 10.8. The lowest BCUT2D eigenvalue weighted by atomic mass is 9.82. The topological polar surface area (TPSA) is 38.7 Å². The second-order valence-corrected chi connectivity index (χ2v) is 15.2. The second-order valence-electron chi connectivity index (χ2n) is 15.2. The van der Waals surface area contributed by atoms with Crippen LogP contribution in [0.3, 0.4) is 0 Å². The van der Waals surface area contributed by atoms with E-state index in [4.69, 9.17) is 15.0 Å². The van der Waals surface area contributed by atoms with Crippen molar-refractivity contribution in [2.24, 2.45) is 0 Å². The van der Waals surface area contributed by atoms with Crippen LogP contribution in [0.5, 0.6) is 0 Å². The molecule has 3 heteroatoms. The molecule has 0 spiro atoms. The molecule has 0 fully saturated rings. The lowest BCUT2D eigenvalue weighted by molar-refractivity contribution is 0.661. The second kappa shape index (κ2) is 12.0. The fourth-order valence-electron chi connectivity index (χ4n) is 9.01. The van der Waals surface area contributed by atoms with E-state index in [1.807, 2.05) is 60.7 Å². The minimum atomic E-state index is -0.0288. The summed E-state index contributed by atoms with van der Waals surface area (Å²) in [6.07, 6.45) is 0. The van der Waals surface area contributed by atoms with E-state index < -0.39 is 0 Å². The summed E-state index contributed by atoms with van der Waals surface area (Å²) in [5.74, 6) is 1.97. The molecule has 1 heterocycles. The van der Waals surface area contributed by atoms with Crippen LogP contribution < -0.4 is 0 Å². The summed E-state index contributed by atoms with van der Waals surface area (Å²) in [7, 11) is 0. The third-order valence-electron chi connectivity index (χ3n) is 11.7. The van der Waals surface area contributed by atoms with Gasteiger partial charge in [-0.1, -0.05) is 178 Å². The van der Waals surface area contributed by atoms with Crippen molar-refractivity contribution in [2.45, 2.75) is 19.3 Å². The number of rotatable bonds is 4. The molecule has 0 unspecified atom stereocenters. The normalized spacial score (nSPS) is 13.1. The van der Waals surface area contributed by atoms with Crippen molar-refractivity contribution in [1.29, 1.82) is 0 Å². The zero-order chi connectivity index (χ0) is 36.7. The van der Waals surface area contributed by atoms with Gasteiger partial charge in [0.05, 0.1) is 0 Å². The smallest absolute Gasteiger partial charge is 0.164 e. The molecule has 0 aliphatic heterocycles. The number of aromatic nitrogens is 3.